The summed E-state index contributed by atoms with van der Waals surface area (Å²) in [7, 11) is -3.60. The van der Waals surface area contributed by atoms with Crippen molar-refractivity contribution in [3.8, 4) is 0 Å². The molecule has 0 bridgehead atoms. The third-order valence-corrected chi connectivity index (χ3v) is 5.05. The van der Waals surface area contributed by atoms with Crippen LogP contribution in [-0.2, 0) is 25.1 Å². The molecule has 1 aromatic carbocycles. The van der Waals surface area contributed by atoms with Crippen LogP contribution in [0.3, 0.4) is 0 Å². The van der Waals surface area contributed by atoms with Gasteiger partial charge in [-0.2, -0.15) is 0 Å². The Morgan fingerprint density at radius 3 is 2.62 bits per heavy atom. The molecule has 0 saturated heterocycles. The van der Waals surface area contributed by atoms with Gasteiger partial charge < -0.3 is 10.1 Å². The largest absolute Gasteiger partial charge is 0.461 e. The molecule has 24 heavy (non-hydrogen) atoms. The predicted octanol–water partition coefficient (Wildman–Crippen LogP) is 1.87. The zero-order valence-electron chi connectivity index (χ0n) is 12.9. The van der Waals surface area contributed by atoms with Crippen LogP contribution in [0.15, 0.2) is 35.7 Å². The number of carbonyl (C=O) groups excluding carboxylic acids is 2. The van der Waals surface area contributed by atoms with Gasteiger partial charge in [-0.05, 0) is 12.5 Å². The number of thiazole rings is 1. The van der Waals surface area contributed by atoms with E-state index in [-0.39, 0.29) is 23.2 Å². The number of ether oxygens (including phenoxy) is 1. The molecule has 0 saturated carbocycles. The molecule has 9 heteroatoms. The fourth-order valence-corrected chi connectivity index (χ4v) is 3.83. The smallest absolute Gasteiger partial charge is 0.357 e. The number of nitrogens with one attached hydrogen (secondary N) is 1. The molecule has 1 amide bonds. The summed E-state index contributed by atoms with van der Waals surface area (Å²) in [5.74, 6) is -2.16. The molecule has 2 rings (SSSR count). The van der Waals surface area contributed by atoms with Crippen molar-refractivity contribution in [2.24, 2.45) is 0 Å². The van der Waals surface area contributed by atoms with Crippen molar-refractivity contribution in [3.63, 3.8) is 0 Å². The Balaban J connectivity index is 1.94. The molecule has 1 aromatic heterocycles. The Hall–Kier alpha value is -2.26. The molecule has 2 aromatic rings. The van der Waals surface area contributed by atoms with Crippen molar-refractivity contribution < 1.29 is 22.7 Å². The summed E-state index contributed by atoms with van der Waals surface area (Å²) in [4.78, 5) is 27.3. The van der Waals surface area contributed by atoms with Gasteiger partial charge >= 0.3 is 5.97 Å². The number of anilines is 1. The Labute approximate surface area is 143 Å². The van der Waals surface area contributed by atoms with Gasteiger partial charge in [0, 0.05) is 5.38 Å². The second kappa shape index (κ2) is 8.02. The average molecular weight is 368 g/mol. The quantitative estimate of drug-likeness (QED) is 0.749. The van der Waals surface area contributed by atoms with E-state index in [0.29, 0.717) is 5.56 Å². The molecular weight excluding hydrogens is 352 g/mol. The molecule has 0 radical (unpaired) electrons. The highest BCUT2D eigenvalue weighted by atomic mass is 32.2. The molecule has 0 aliphatic carbocycles. The van der Waals surface area contributed by atoms with Crippen LogP contribution in [0.25, 0.3) is 0 Å². The normalized spacial score (nSPS) is 11.0. The van der Waals surface area contributed by atoms with E-state index in [9.17, 15) is 18.0 Å². The number of sulfone groups is 1. The van der Waals surface area contributed by atoms with Gasteiger partial charge in [-0.15, -0.1) is 11.3 Å². The van der Waals surface area contributed by atoms with Gasteiger partial charge in [0.25, 0.3) is 0 Å². The van der Waals surface area contributed by atoms with E-state index in [2.05, 4.69) is 10.3 Å². The van der Waals surface area contributed by atoms with Gasteiger partial charge in [-0.1, -0.05) is 30.3 Å². The maximum atomic E-state index is 12.0. The van der Waals surface area contributed by atoms with E-state index in [4.69, 9.17) is 4.74 Å². The van der Waals surface area contributed by atoms with Crippen LogP contribution in [0.5, 0.6) is 0 Å². The summed E-state index contributed by atoms with van der Waals surface area (Å²) in [6, 6.07) is 8.62. The molecule has 1 N–H and O–H groups in total. The van der Waals surface area contributed by atoms with Crippen molar-refractivity contribution in [2.75, 3.05) is 17.7 Å². The lowest BCUT2D eigenvalue weighted by Gasteiger charge is -2.04. The van der Waals surface area contributed by atoms with Crippen molar-refractivity contribution in [1.29, 1.82) is 0 Å². The highest BCUT2D eigenvalue weighted by Crippen LogP contribution is 2.16. The summed E-state index contributed by atoms with van der Waals surface area (Å²) in [5.41, 5.74) is 0.688. The molecule has 7 nitrogen and oxygen atoms in total. The first-order valence-corrected chi connectivity index (χ1v) is 9.76. The fourth-order valence-electron chi connectivity index (χ4n) is 1.86. The Morgan fingerprint density at radius 2 is 1.96 bits per heavy atom. The SMILES string of the molecule is CCOC(=O)c1csc(NC(=O)CS(=O)(=O)Cc2ccccc2)n1. The molecule has 1 heterocycles. The zero-order chi connectivity index (χ0) is 17.6. The van der Waals surface area contributed by atoms with Gasteiger partial charge in [-0.25, -0.2) is 18.2 Å². The number of hydrogen-bond acceptors (Lipinski definition) is 7. The first kappa shape index (κ1) is 18.1. The van der Waals surface area contributed by atoms with Crippen molar-refractivity contribution in [2.45, 2.75) is 12.7 Å². The highest BCUT2D eigenvalue weighted by molar-refractivity contribution is 7.91. The monoisotopic (exact) mass is 368 g/mol. The van der Waals surface area contributed by atoms with Crippen LogP contribution >= 0.6 is 11.3 Å². The third kappa shape index (κ3) is 5.43. The number of rotatable bonds is 7. The van der Waals surface area contributed by atoms with Crippen molar-refractivity contribution >= 4 is 38.2 Å². The molecule has 0 aliphatic rings. The van der Waals surface area contributed by atoms with Gasteiger partial charge in [0.05, 0.1) is 12.4 Å². The summed E-state index contributed by atoms with van der Waals surface area (Å²) < 4.78 is 28.9. The number of hydrogen-bond donors (Lipinski definition) is 1. The van der Waals surface area contributed by atoms with Crippen LogP contribution in [0.4, 0.5) is 5.13 Å². The summed E-state index contributed by atoms with van der Waals surface area (Å²) >= 11 is 1.02. The van der Waals surface area contributed by atoms with Gasteiger partial charge in [0.2, 0.25) is 5.91 Å². The van der Waals surface area contributed by atoms with E-state index in [1.54, 1.807) is 37.3 Å². The van der Waals surface area contributed by atoms with E-state index >= 15 is 0 Å². The summed E-state index contributed by atoms with van der Waals surface area (Å²) in [6.45, 7) is 1.89. The molecule has 0 fully saturated rings. The standard InChI is InChI=1S/C15H16N2O5S2/c1-2-22-14(19)12-8-23-15(16-12)17-13(18)10-24(20,21)9-11-6-4-3-5-7-11/h3-8H,2,9-10H2,1H3,(H,16,17,18). The summed E-state index contributed by atoms with van der Waals surface area (Å²) in [5, 5.41) is 3.97. The van der Waals surface area contributed by atoms with E-state index < -0.39 is 27.5 Å². The molecule has 128 valence electrons. The number of esters is 1. The second-order valence-electron chi connectivity index (χ2n) is 4.82. The second-order valence-corrected chi connectivity index (χ2v) is 7.75. The third-order valence-electron chi connectivity index (χ3n) is 2.82. The maximum absolute atomic E-state index is 12.0. The summed E-state index contributed by atoms with van der Waals surface area (Å²) in [6.07, 6.45) is 0. The van der Waals surface area contributed by atoms with Crippen LogP contribution in [-0.4, -0.2) is 37.6 Å². The first-order chi connectivity index (χ1) is 11.4. The Morgan fingerprint density at radius 1 is 1.25 bits per heavy atom. The van der Waals surface area contributed by atoms with Crippen molar-refractivity contribution in [1.82, 2.24) is 4.98 Å². The molecule has 0 aliphatic heterocycles. The maximum Gasteiger partial charge on any atom is 0.357 e. The number of benzene rings is 1. The van der Waals surface area contributed by atoms with Crippen LogP contribution in [0, 0.1) is 0 Å². The molecule has 0 atom stereocenters. The van der Waals surface area contributed by atoms with Crippen LogP contribution in [0.1, 0.15) is 23.0 Å². The topological polar surface area (TPSA) is 102 Å². The fraction of sp³-hybridized carbons (Fsp3) is 0.267. The Bertz CT molecular complexity index is 815. The van der Waals surface area contributed by atoms with E-state index in [1.807, 2.05) is 0 Å². The van der Waals surface area contributed by atoms with Crippen LogP contribution < -0.4 is 5.32 Å². The minimum absolute atomic E-state index is 0.0734. The van der Waals surface area contributed by atoms with Crippen molar-refractivity contribution in [3.05, 3.63) is 47.0 Å². The number of aromatic nitrogens is 1. The van der Waals surface area contributed by atoms with Gasteiger partial charge in [0.15, 0.2) is 20.7 Å². The number of carbonyl (C=O) groups is 2. The Kier molecular flexibility index (Phi) is 6.04. The van der Waals surface area contributed by atoms with E-state index in [1.165, 1.54) is 5.38 Å². The number of amides is 1. The molecule has 0 spiro atoms. The highest BCUT2D eigenvalue weighted by Gasteiger charge is 2.19. The lowest BCUT2D eigenvalue weighted by Crippen LogP contribution is -2.24. The minimum Gasteiger partial charge on any atom is -0.461 e. The van der Waals surface area contributed by atoms with Gasteiger partial charge in [-0.3, -0.25) is 4.79 Å². The molecule has 0 unspecified atom stereocenters. The minimum atomic E-state index is -3.60. The lowest BCUT2D eigenvalue weighted by atomic mass is 10.2. The zero-order valence-corrected chi connectivity index (χ0v) is 14.5. The molecular formula is C15H16N2O5S2. The van der Waals surface area contributed by atoms with E-state index in [0.717, 1.165) is 11.3 Å². The average Bonchev–Trinajstić information content (AvgIpc) is 2.95. The first-order valence-electron chi connectivity index (χ1n) is 7.06. The predicted molar refractivity (Wildman–Crippen MR) is 90.6 cm³/mol. The van der Waals surface area contributed by atoms with Crippen LogP contribution in [0.2, 0.25) is 0 Å². The number of nitrogens with zero attached hydrogens (tertiary/aromatic N) is 1. The lowest BCUT2D eigenvalue weighted by molar-refractivity contribution is -0.113. The van der Waals surface area contributed by atoms with Gasteiger partial charge in [0.1, 0.15) is 5.75 Å².